The molecular weight excluding hydrogens is 306 g/mol. The molecule has 1 aromatic carbocycles. The molecule has 1 aromatic heterocycles. The van der Waals surface area contributed by atoms with Crippen LogP contribution in [0, 0.1) is 0 Å². The van der Waals surface area contributed by atoms with Crippen molar-refractivity contribution in [1.29, 1.82) is 0 Å². The van der Waals surface area contributed by atoms with Crippen LogP contribution in [0.15, 0.2) is 49.2 Å². The molecule has 0 aliphatic heterocycles. The topological polar surface area (TPSA) is 96.0 Å². The van der Waals surface area contributed by atoms with E-state index in [2.05, 4.69) is 32.5 Å². The molecule has 2 aromatic rings. The number of amides is 3. The van der Waals surface area contributed by atoms with E-state index in [1.54, 1.807) is 24.3 Å². The fraction of sp³-hybridized carbons (Fsp3) is 0. The molecule has 3 N–H and O–H groups in total. The quantitative estimate of drug-likeness (QED) is 0.596. The van der Waals surface area contributed by atoms with Gasteiger partial charge in [-0.25, -0.2) is 14.8 Å². The first-order valence-electron chi connectivity index (χ1n) is 6.17. The van der Waals surface area contributed by atoms with Gasteiger partial charge in [-0.2, -0.15) is 0 Å². The summed E-state index contributed by atoms with van der Waals surface area (Å²) in [5, 5.41) is 7.75. The van der Waals surface area contributed by atoms with E-state index in [4.69, 9.17) is 11.6 Å². The van der Waals surface area contributed by atoms with E-state index >= 15 is 0 Å². The van der Waals surface area contributed by atoms with Crippen LogP contribution in [0.4, 0.5) is 22.0 Å². The van der Waals surface area contributed by atoms with Gasteiger partial charge in [0.2, 0.25) is 11.2 Å². The molecule has 0 fully saturated rings. The van der Waals surface area contributed by atoms with Crippen LogP contribution in [0.2, 0.25) is 5.28 Å². The maximum Gasteiger partial charge on any atom is 0.324 e. The van der Waals surface area contributed by atoms with E-state index in [1.165, 1.54) is 12.3 Å². The monoisotopic (exact) mass is 317 g/mol. The second-order valence-electron chi connectivity index (χ2n) is 4.06. The van der Waals surface area contributed by atoms with Crippen LogP contribution in [0.25, 0.3) is 0 Å². The number of anilines is 3. The Bertz CT molecular complexity index is 720. The summed E-state index contributed by atoms with van der Waals surface area (Å²) in [4.78, 5) is 30.6. The molecule has 0 atom stereocenters. The molecule has 0 unspecified atom stereocenters. The van der Waals surface area contributed by atoms with Gasteiger partial charge in [-0.1, -0.05) is 12.6 Å². The van der Waals surface area contributed by atoms with Gasteiger partial charge in [0.25, 0.3) is 0 Å². The fourth-order valence-electron chi connectivity index (χ4n) is 1.55. The van der Waals surface area contributed by atoms with E-state index in [1.807, 2.05) is 0 Å². The lowest BCUT2D eigenvalue weighted by Crippen LogP contribution is -2.20. The van der Waals surface area contributed by atoms with Gasteiger partial charge in [0.1, 0.15) is 5.82 Å². The Morgan fingerprint density at radius 2 is 1.86 bits per heavy atom. The van der Waals surface area contributed by atoms with Crippen LogP contribution >= 0.6 is 11.6 Å². The highest BCUT2D eigenvalue weighted by atomic mass is 35.5. The van der Waals surface area contributed by atoms with E-state index in [0.29, 0.717) is 11.4 Å². The van der Waals surface area contributed by atoms with Crippen LogP contribution in [-0.4, -0.2) is 21.9 Å². The number of carbonyl (C=O) groups is 2. The summed E-state index contributed by atoms with van der Waals surface area (Å²) in [6, 6.07) is 7.67. The van der Waals surface area contributed by atoms with E-state index in [-0.39, 0.29) is 17.0 Å². The maximum absolute atomic E-state index is 11.9. The minimum Gasteiger partial charge on any atom is -0.322 e. The van der Waals surface area contributed by atoms with Gasteiger partial charge in [0.05, 0.1) is 0 Å². The molecule has 0 bridgehead atoms. The Kier molecular flexibility index (Phi) is 5.05. The zero-order valence-electron chi connectivity index (χ0n) is 11.3. The number of hydrogen-bond acceptors (Lipinski definition) is 4. The van der Waals surface area contributed by atoms with Gasteiger partial charge in [-0.3, -0.25) is 10.1 Å². The van der Waals surface area contributed by atoms with Crippen molar-refractivity contribution in [2.24, 2.45) is 0 Å². The number of benzene rings is 1. The molecule has 0 aliphatic rings. The average molecular weight is 318 g/mol. The number of halogens is 1. The SMILES string of the molecule is C=CC(=O)Nc1cccc(NC(=O)Nc2ccnc(Cl)n2)c1. The number of carbonyl (C=O) groups excluding carboxylic acids is 2. The third-order valence-electron chi connectivity index (χ3n) is 2.44. The zero-order valence-corrected chi connectivity index (χ0v) is 12.1. The number of nitrogens with zero attached hydrogens (tertiary/aromatic N) is 2. The normalized spacial score (nSPS) is 9.68. The van der Waals surface area contributed by atoms with E-state index in [0.717, 1.165) is 6.08 Å². The summed E-state index contributed by atoms with van der Waals surface area (Å²) in [6.45, 7) is 3.37. The smallest absolute Gasteiger partial charge is 0.322 e. The lowest BCUT2D eigenvalue weighted by atomic mass is 10.2. The lowest BCUT2D eigenvalue weighted by molar-refractivity contribution is -0.111. The van der Waals surface area contributed by atoms with Gasteiger partial charge in [-0.05, 0) is 41.9 Å². The molecule has 0 spiro atoms. The Hall–Kier alpha value is -2.93. The number of hydrogen-bond donors (Lipinski definition) is 3. The van der Waals surface area contributed by atoms with Crippen molar-refractivity contribution in [2.75, 3.05) is 16.0 Å². The van der Waals surface area contributed by atoms with Crippen LogP contribution in [0.3, 0.4) is 0 Å². The van der Waals surface area contributed by atoms with Crippen molar-refractivity contribution in [2.45, 2.75) is 0 Å². The average Bonchev–Trinajstić information content (AvgIpc) is 2.47. The molecule has 2 rings (SSSR count). The molecule has 0 saturated carbocycles. The van der Waals surface area contributed by atoms with Gasteiger partial charge in [0, 0.05) is 17.6 Å². The van der Waals surface area contributed by atoms with E-state index in [9.17, 15) is 9.59 Å². The zero-order chi connectivity index (χ0) is 15.9. The highest BCUT2D eigenvalue weighted by Gasteiger charge is 2.05. The molecule has 0 saturated heterocycles. The number of aromatic nitrogens is 2. The Morgan fingerprint density at radius 1 is 1.14 bits per heavy atom. The predicted octanol–water partition coefficient (Wildman–Crippen LogP) is 2.90. The summed E-state index contributed by atoms with van der Waals surface area (Å²) in [7, 11) is 0. The van der Waals surface area contributed by atoms with Crippen LogP contribution in [0.5, 0.6) is 0 Å². The van der Waals surface area contributed by atoms with Crippen LogP contribution in [-0.2, 0) is 4.79 Å². The Balaban J connectivity index is 2.00. The molecule has 0 radical (unpaired) electrons. The summed E-state index contributed by atoms with van der Waals surface area (Å²) >= 11 is 5.63. The first-order chi connectivity index (χ1) is 10.6. The fourth-order valence-corrected chi connectivity index (χ4v) is 1.70. The standard InChI is InChI=1S/C14H12ClN5O2/c1-2-12(21)17-9-4-3-5-10(8-9)18-14(22)20-11-6-7-16-13(15)19-11/h2-8H,1H2,(H,17,21)(H2,16,18,19,20,22). The van der Waals surface area contributed by atoms with Gasteiger partial charge in [0.15, 0.2) is 0 Å². The maximum atomic E-state index is 11.9. The molecular formula is C14H12ClN5O2. The van der Waals surface area contributed by atoms with Crippen molar-refractivity contribution in [3.8, 4) is 0 Å². The first kappa shape index (κ1) is 15.5. The Morgan fingerprint density at radius 3 is 2.55 bits per heavy atom. The third kappa shape index (κ3) is 4.57. The third-order valence-corrected chi connectivity index (χ3v) is 2.62. The van der Waals surface area contributed by atoms with Crippen molar-refractivity contribution in [1.82, 2.24) is 9.97 Å². The minimum absolute atomic E-state index is 0.0342. The Labute approximate surface area is 131 Å². The largest absolute Gasteiger partial charge is 0.324 e. The molecule has 22 heavy (non-hydrogen) atoms. The number of rotatable bonds is 4. The van der Waals surface area contributed by atoms with E-state index < -0.39 is 6.03 Å². The van der Waals surface area contributed by atoms with Crippen LogP contribution < -0.4 is 16.0 Å². The molecule has 112 valence electrons. The number of urea groups is 1. The second-order valence-corrected chi connectivity index (χ2v) is 4.40. The minimum atomic E-state index is -0.498. The molecule has 7 nitrogen and oxygen atoms in total. The second kappa shape index (κ2) is 7.19. The molecule has 1 heterocycles. The van der Waals surface area contributed by atoms with Gasteiger partial charge < -0.3 is 10.6 Å². The summed E-state index contributed by atoms with van der Waals surface area (Å²) in [6.07, 6.45) is 2.59. The molecule has 0 aliphatic carbocycles. The van der Waals surface area contributed by atoms with Crippen molar-refractivity contribution in [3.05, 3.63) is 54.5 Å². The summed E-state index contributed by atoms with van der Waals surface area (Å²) in [5.41, 5.74) is 1.03. The first-order valence-corrected chi connectivity index (χ1v) is 6.54. The van der Waals surface area contributed by atoms with Crippen molar-refractivity contribution in [3.63, 3.8) is 0 Å². The lowest BCUT2D eigenvalue weighted by Gasteiger charge is -2.09. The summed E-state index contributed by atoms with van der Waals surface area (Å²) < 4.78 is 0. The molecule has 8 heteroatoms. The highest BCUT2D eigenvalue weighted by Crippen LogP contribution is 2.15. The van der Waals surface area contributed by atoms with Gasteiger partial charge >= 0.3 is 6.03 Å². The summed E-state index contributed by atoms with van der Waals surface area (Å²) in [5.74, 6) is -0.0640. The van der Waals surface area contributed by atoms with Crippen molar-refractivity contribution >= 4 is 40.7 Å². The predicted molar refractivity (Wildman–Crippen MR) is 85.0 cm³/mol. The molecule has 3 amide bonds. The van der Waals surface area contributed by atoms with Crippen LogP contribution in [0.1, 0.15) is 0 Å². The number of nitrogens with one attached hydrogen (secondary N) is 3. The highest BCUT2D eigenvalue weighted by molar-refractivity contribution is 6.28. The van der Waals surface area contributed by atoms with Crippen molar-refractivity contribution < 1.29 is 9.59 Å². The van der Waals surface area contributed by atoms with Gasteiger partial charge in [-0.15, -0.1) is 0 Å².